The topological polar surface area (TPSA) is 85.1 Å². The third kappa shape index (κ3) is 3.52. The summed E-state index contributed by atoms with van der Waals surface area (Å²) in [5, 5.41) is 16.4. The first-order chi connectivity index (χ1) is 12.0. The molecule has 25 heavy (non-hydrogen) atoms. The van der Waals surface area contributed by atoms with Crippen LogP contribution in [0, 0.1) is 17.0 Å². The maximum absolute atomic E-state index is 12.4. The number of carbonyl (C=O) groups is 1. The highest BCUT2D eigenvalue weighted by Gasteiger charge is 2.19. The Morgan fingerprint density at radius 2 is 2.00 bits per heavy atom. The number of nitrogens with one attached hydrogen (secondary N) is 1. The average Bonchev–Trinajstić information content (AvgIpc) is 3.03. The quantitative estimate of drug-likeness (QED) is 0.518. The van der Waals surface area contributed by atoms with Gasteiger partial charge >= 0.3 is 0 Å². The molecule has 0 aliphatic carbocycles. The number of nitrogens with zero attached hydrogens (tertiary/aromatic N) is 2. The summed E-state index contributed by atoms with van der Waals surface area (Å²) in [6.45, 7) is 1.55. The first-order valence-corrected chi connectivity index (χ1v) is 8.49. The van der Waals surface area contributed by atoms with Crippen LogP contribution < -0.4 is 5.32 Å². The number of rotatable bonds is 4. The fourth-order valence-electron chi connectivity index (χ4n) is 2.36. The van der Waals surface area contributed by atoms with Crippen molar-refractivity contribution in [3.8, 4) is 11.3 Å². The van der Waals surface area contributed by atoms with Gasteiger partial charge in [0.2, 0.25) is 0 Å². The summed E-state index contributed by atoms with van der Waals surface area (Å²) >= 11 is 7.41. The second-order valence-electron chi connectivity index (χ2n) is 5.18. The van der Waals surface area contributed by atoms with Crippen LogP contribution in [0.25, 0.3) is 11.3 Å². The number of aromatic nitrogens is 1. The molecule has 0 unspecified atom stereocenters. The van der Waals surface area contributed by atoms with Gasteiger partial charge < -0.3 is 0 Å². The van der Waals surface area contributed by atoms with Gasteiger partial charge in [-0.15, -0.1) is 11.3 Å². The number of amides is 1. The van der Waals surface area contributed by atoms with Crippen molar-refractivity contribution in [2.75, 3.05) is 5.32 Å². The van der Waals surface area contributed by atoms with Crippen molar-refractivity contribution in [3.63, 3.8) is 0 Å². The van der Waals surface area contributed by atoms with E-state index in [0.717, 1.165) is 5.56 Å². The maximum Gasteiger partial charge on any atom is 0.273 e. The van der Waals surface area contributed by atoms with Crippen LogP contribution in [0.3, 0.4) is 0 Å². The predicted molar refractivity (Wildman–Crippen MR) is 98.3 cm³/mol. The van der Waals surface area contributed by atoms with E-state index >= 15 is 0 Å². The molecule has 0 saturated carbocycles. The predicted octanol–water partition coefficient (Wildman–Crippen LogP) is 4.93. The van der Waals surface area contributed by atoms with Gasteiger partial charge in [-0.3, -0.25) is 20.2 Å². The van der Waals surface area contributed by atoms with Gasteiger partial charge in [-0.05, 0) is 19.1 Å². The van der Waals surface area contributed by atoms with Crippen LogP contribution in [0.5, 0.6) is 0 Å². The number of anilines is 1. The third-order valence-electron chi connectivity index (χ3n) is 3.62. The van der Waals surface area contributed by atoms with Gasteiger partial charge in [0.1, 0.15) is 0 Å². The molecule has 126 valence electrons. The average molecular weight is 374 g/mol. The minimum Gasteiger partial charge on any atom is -0.298 e. The van der Waals surface area contributed by atoms with Crippen molar-refractivity contribution in [1.82, 2.24) is 4.98 Å². The largest absolute Gasteiger partial charge is 0.298 e. The highest BCUT2D eigenvalue weighted by Crippen LogP contribution is 2.30. The van der Waals surface area contributed by atoms with Crippen molar-refractivity contribution in [1.29, 1.82) is 0 Å². The second kappa shape index (κ2) is 7.00. The number of hydrogen-bond acceptors (Lipinski definition) is 5. The molecule has 3 rings (SSSR count). The van der Waals surface area contributed by atoms with Crippen molar-refractivity contribution >= 4 is 39.7 Å². The zero-order valence-corrected chi connectivity index (χ0v) is 14.6. The number of carbonyl (C=O) groups excluding carboxylic acids is 1. The molecular weight excluding hydrogens is 362 g/mol. The summed E-state index contributed by atoms with van der Waals surface area (Å²) in [6, 6.07) is 11.7. The summed E-state index contributed by atoms with van der Waals surface area (Å²) < 4.78 is 0. The van der Waals surface area contributed by atoms with Gasteiger partial charge in [0.15, 0.2) is 5.13 Å². The number of thiazole rings is 1. The van der Waals surface area contributed by atoms with Crippen molar-refractivity contribution in [2.45, 2.75) is 6.92 Å². The van der Waals surface area contributed by atoms with Crippen molar-refractivity contribution < 1.29 is 9.72 Å². The van der Waals surface area contributed by atoms with E-state index in [9.17, 15) is 14.9 Å². The Hall–Kier alpha value is -2.77. The molecule has 0 atom stereocenters. The zero-order chi connectivity index (χ0) is 18.0. The van der Waals surface area contributed by atoms with Crippen LogP contribution in [0.15, 0.2) is 47.8 Å². The molecule has 0 aliphatic rings. The Morgan fingerprint density at radius 3 is 2.72 bits per heavy atom. The lowest BCUT2D eigenvalue weighted by Crippen LogP contribution is -2.14. The first kappa shape index (κ1) is 17.1. The Bertz CT molecular complexity index is 971. The maximum atomic E-state index is 12.4. The normalized spacial score (nSPS) is 10.5. The Labute approximate surface area is 152 Å². The molecular formula is C17H12ClN3O3S. The van der Waals surface area contributed by atoms with Gasteiger partial charge in [-0.2, -0.15) is 0 Å². The Kier molecular flexibility index (Phi) is 4.78. The van der Waals surface area contributed by atoms with Crippen LogP contribution in [0.1, 0.15) is 15.9 Å². The van der Waals surface area contributed by atoms with Gasteiger partial charge in [0, 0.05) is 33.2 Å². The molecule has 3 aromatic rings. The molecule has 0 bridgehead atoms. The third-order valence-corrected chi connectivity index (χ3v) is 4.71. The monoisotopic (exact) mass is 373 g/mol. The first-order valence-electron chi connectivity index (χ1n) is 7.23. The highest BCUT2D eigenvalue weighted by atomic mass is 35.5. The lowest BCUT2D eigenvalue weighted by Gasteiger charge is -2.05. The zero-order valence-electron chi connectivity index (χ0n) is 13.0. The molecule has 1 N–H and O–H groups in total. The number of nitro groups is 1. The van der Waals surface area contributed by atoms with E-state index in [2.05, 4.69) is 10.3 Å². The number of hydrogen-bond donors (Lipinski definition) is 1. The molecule has 2 aromatic carbocycles. The SMILES string of the molecule is Cc1c(C(=O)Nc2nc(-c3ccccc3Cl)cs2)cccc1[N+](=O)[O-]. The van der Waals surface area contributed by atoms with Crippen molar-refractivity contribution in [3.05, 3.63) is 74.1 Å². The summed E-state index contributed by atoms with van der Waals surface area (Å²) in [7, 11) is 0. The van der Waals surface area contributed by atoms with Gasteiger partial charge in [-0.1, -0.05) is 35.9 Å². The van der Waals surface area contributed by atoms with E-state index in [1.165, 1.54) is 23.5 Å². The van der Waals surface area contributed by atoms with Crippen LogP contribution in [-0.4, -0.2) is 15.8 Å². The highest BCUT2D eigenvalue weighted by molar-refractivity contribution is 7.14. The molecule has 0 aliphatic heterocycles. The smallest absolute Gasteiger partial charge is 0.273 e. The fourth-order valence-corrected chi connectivity index (χ4v) is 3.29. The van der Waals surface area contributed by atoms with Gasteiger partial charge in [0.05, 0.1) is 10.6 Å². The Morgan fingerprint density at radius 1 is 1.24 bits per heavy atom. The van der Waals surface area contributed by atoms with E-state index < -0.39 is 10.8 Å². The second-order valence-corrected chi connectivity index (χ2v) is 6.44. The van der Waals surface area contributed by atoms with Crippen LogP contribution in [-0.2, 0) is 0 Å². The van der Waals surface area contributed by atoms with E-state index in [0.29, 0.717) is 21.4 Å². The van der Waals surface area contributed by atoms with E-state index in [-0.39, 0.29) is 11.3 Å². The fraction of sp³-hybridized carbons (Fsp3) is 0.0588. The van der Waals surface area contributed by atoms with Crippen molar-refractivity contribution in [2.24, 2.45) is 0 Å². The molecule has 1 amide bonds. The molecule has 0 radical (unpaired) electrons. The van der Waals surface area contributed by atoms with E-state index in [4.69, 9.17) is 11.6 Å². The lowest BCUT2D eigenvalue weighted by atomic mass is 10.1. The molecule has 0 saturated heterocycles. The lowest BCUT2D eigenvalue weighted by molar-refractivity contribution is -0.385. The van der Waals surface area contributed by atoms with E-state index in [1.54, 1.807) is 24.4 Å². The molecule has 6 nitrogen and oxygen atoms in total. The van der Waals surface area contributed by atoms with Gasteiger partial charge in [-0.25, -0.2) is 4.98 Å². The van der Waals surface area contributed by atoms with E-state index in [1.807, 2.05) is 18.2 Å². The number of halogens is 1. The molecule has 0 spiro atoms. The van der Waals surface area contributed by atoms with Gasteiger partial charge in [0.25, 0.3) is 11.6 Å². The minimum atomic E-state index is -0.509. The summed E-state index contributed by atoms with van der Waals surface area (Å²) in [5.74, 6) is -0.443. The number of nitro benzene ring substituents is 1. The minimum absolute atomic E-state index is 0.0939. The summed E-state index contributed by atoms with van der Waals surface area (Å²) in [5.41, 5.74) is 1.88. The molecule has 1 aromatic heterocycles. The molecule has 1 heterocycles. The van der Waals surface area contributed by atoms with Crippen LogP contribution in [0.2, 0.25) is 5.02 Å². The summed E-state index contributed by atoms with van der Waals surface area (Å²) in [4.78, 5) is 27.3. The standard InChI is InChI=1S/C17H12ClN3O3S/c1-10-11(6-4-8-15(10)21(23)24)16(22)20-17-19-14(9-25-17)12-5-2-3-7-13(12)18/h2-9H,1H3,(H,19,20,22). The number of benzene rings is 2. The molecule has 0 fully saturated rings. The van der Waals surface area contributed by atoms with Crippen LogP contribution >= 0.6 is 22.9 Å². The van der Waals surface area contributed by atoms with Crippen LogP contribution in [0.4, 0.5) is 10.8 Å². The summed E-state index contributed by atoms with van der Waals surface area (Å²) in [6.07, 6.45) is 0. The Balaban J connectivity index is 1.85. The molecule has 8 heteroatoms.